The third-order valence-electron chi connectivity index (χ3n) is 2.70. The van der Waals surface area contributed by atoms with Gasteiger partial charge in [-0.2, -0.15) is 0 Å². The van der Waals surface area contributed by atoms with E-state index in [4.69, 9.17) is 10.5 Å². The lowest BCUT2D eigenvalue weighted by Gasteiger charge is -2.04. The van der Waals surface area contributed by atoms with Crippen molar-refractivity contribution in [2.45, 2.75) is 0 Å². The summed E-state index contributed by atoms with van der Waals surface area (Å²) in [5.41, 5.74) is 5.24. The first-order chi connectivity index (χ1) is 9.99. The number of ether oxygens (including phenoxy) is 1. The second kappa shape index (κ2) is 5.87. The number of Topliss-reactive ketones (excluding diaryl/α,β-unsaturated/α-hetero) is 1. The molecule has 3 N–H and O–H groups in total. The van der Waals surface area contributed by atoms with Gasteiger partial charge in [0, 0.05) is 12.3 Å². The van der Waals surface area contributed by atoms with E-state index in [0.29, 0.717) is 5.69 Å². The Hall–Kier alpha value is -3.16. The number of nitrogens with zero attached hydrogens (tertiary/aromatic N) is 1. The number of nitrogen functional groups attached to an aromatic ring is 1. The summed E-state index contributed by atoms with van der Waals surface area (Å²) in [5.74, 6) is -1.24. The van der Waals surface area contributed by atoms with E-state index in [9.17, 15) is 19.7 Å². The summed E-state index contributed by atoms with van der Waals surface area (Å²) >= 11 is 0. The van der Waals surface area contributed by atoms with Crippen molar-refractivity contribution in [3.63, 3.8) is 0 Å². The zero-order valence-corrected chi connectivity index (χ0v) is 10.7. The normalized spacial score (nSPS) is 10.1. The van der Waals surface area contributed by atoms with Crippen LogP contribution in [-0.2, 0) is 4.74 Å². The monoisotopic (exact) mass is 289 g/mol. The van der Waals surface area contributed by atoms with E-state index in [1.807, 2.05) is 0 Å². The van der Waals surface area contributed by atoms with Crippen LogP contribution in [0.2, 0.25) is 0 Å². The highest BCUT2D eigenvalue weighted by atomic mass is 16.6. The van der Waals surface area contributed by atoms with Crippen molar-refractivity contribution in [2.75, 3.05) is 12.3 Å². The molecule has 0 unspecified atom stereocenters. The lowest BCUT2D eigenvalue weighted by molar-refractivity contribution is -0.383. The molecule has 2 aromatic rings. The van der Waals surface area contributed by atoms with Crippen LogP contribution in [0.5, 0.6) is 0 Å². The number of nitro groups is 1. The molecule has 0 bridgehead atoms. The topological polar surface area (TPSA) is 128 Å². The molecular weight excluding hydrogens is 278 g/mol. The van der Waals surface area contributed by atoms with Crippen LogP contribution in [0, 0.1) is 10.1 Å². The maximum atomic E-state index is 11.8. The second-order valence-electron chi connectivity index (χ2n) is 4.11. The highest BCUT2D eigenvalue weighted by Crippen LogP contribution is 2.22. The van der Waals surface area contributed by atoms with E-state index >= 15 is 0 Å². The highest BCUT2D eigenvalue weighted by Gasteiger charge is 2.17. The van der Waals surface area contributed by atoms with Crippen molar-refractivity contribution in [2.24, 2.45) is 0 Å². The van der Waals surface area contributed by atoms with Gasteiger partial charge >= 0.3 is 5.97 Å². The molecule has 0 fully saturated rings. The number of carbonyl (C=O) groups is 2. The van der Waals surface area contributed by atoms with Gasteiger partial charge in [-0.05, 0) is 24.3 Å². The largest absolute Gasteiger partial charge is 0.454 e. The zero-order valence-electron chi connectivity index (χ0n) is 10.7. The average molecular weight is 289 g/mol. The number of rotatable bonds is 5. The minimum absolute atomic E-state index is 0.0461. The van der Waals surface area contributed by atoms with Crippen molar-refractivity contribution in [3.8, 4) is 0 Å². The zero-order chi connectivity index (χ0) is 15.4. The average Bonchev–Trinajstić information content (AvgIpc) is 2.98. The smallest absolute Gasteiger partial charge is 0.338 e. The number of H-pyrrole nitrogens is 1. The number of carbonyl (C=O) groups excluding carboxylic acids is 2. The van der Waals surface area contributed by atoms with Gasteiger partial charge in [0.25, 0.3) is 5.69 Å². The molecule has 0 aliphatic rings. The number of nitrogens with one attached hydrogen (secondary N) is 1. The molecule has 2 rings (SSSR count). The van der Waals surface area contributed by atoms with E-state index in [0.717, 1.165) is 6.07 Å². The number of nitrogens with two attached hydrogens (primary N) is 1. The predicted octanol–water partition coefficient (Wildman–Crippen LogP) is 1.54. The number of aromatic amines is 1. The Balaban J connectivity index is 2.05. The molecule has 1 aromatic heterocycles. The van der Waals surface area contributed by atoms with Crippen molar-refractivity contribution in [1.29, 1.82) is 0 Å². The van der Waals surface area contributed by atoms with Crippen LogP contribution in [0.25, 0.3) is 0 Å². The molecule has 0 saturated heterocycles. The molecule has 0 aliphatic carbocycles. The molecule has 21 heavy (non-hydrogen) atoms. The molecule has 8 heteroatoms. The number of aromatic nitrogens is 1. The molecule has 0 aliphatic heterocycles. The van der Waals surface area contributed by atoms with Gasteiger partial charge in [0.15, 0.2) is 6.61 Å². The first-order valence-corrected chi connectivity index (χ1v) is 5.86. The fraction of sp³-hybridized carbons (Fsp3) is 0.0769. The fourth-order valence-electron chi connectivity index (χ4n) is 1.62. The fourth-order valence-corrected chi connectivity index (χ4v) is 1.62. The summed E-state index contributed by atoms with van der Waals surface area (Å²) < 4.78 is 4.82. The number of anilines is 1. The molecule has 0 amide bonds. The number of hydrogen-bond acceptors (Lipinski definition) is 6. The third kappa shape index (κ3) is 3.24. The summed E-state index contributed by atoms with van der Waals surface area (Å²) in [7, 11) is 0. The molecular formula is C13H11N3O5. The van der Waals surface area contributed by atoms with E-state index in [1.165, 1.54) is 12.1 Å². The second-order valence-corrected chi connectivity index (χ2v) is 4.11. The number of ketones is 1. The summed E-state index contributed by atoms with van der Waals surface area (Å²) in [5, 5.41) is 10.7. The number of esters is 1. The Morgan fingerprint density at radius 2 is 2.10 bits per heavy atom. The van der Waals surface area contributed by atoms with Gasteiger partial charge in [0.1, 0.15) is 5.69 Å². The molecule has 0 saturated carbocycles. The van der Waals surface area contributed by atoms with Gasteiger partial charge < -0.3 is 15.5 Å². The minimum Gasteiger partial charge on any atom is -0.454 e. The summed E-state index contributed by atoms with van der Waals surface area (Å²) in [6.07, 6.45) is 1.57. The van der Waals surface area contributed by atoms with Gasteiger partial charge in [-0.25, -0.2) is 4.79 Å². The van der Waals surface area contributed by atoms with Crippen LogP contribution in [-0.4, -0.2) is 28.3 Å². The Morgan fingerprint density at radius 3 is 2.71 bits per heavy atom. The van der Waals surface area contributed by atoms with E-state index in [1.54, 1.807) is 18.3 Å². The van der Waals surface area contributed by atoms with Gasteiger partial charge in [-0.1, -0.05) is 0 Å². The van der Waals surface area contributed by atoms with Crippen LogP contribution >= 0.6 is 0 Å². The molecule has 1 aromatic carbocycles. The summed E-state index contributed by atoms with van der Waals surface area (Å²) in [6.45, 7) is -0.461. The molecule has 1 heterocycles. The van der Waals surface area contributed by atoms with Crippen LogP contribution in [0.15, 0.2) is 36.5 Å². The maximum Gasteiger partial charge on any atom is 0.338 e. The van der Waals surface area contributed by atoms with Gasteiger partial charge in [-0.3, -0.25) is 14.9 Å². The number of hydrogen-bond donors (Lipinski definition) is 2. The SMILES string of the molecule is Nc1ccc(C(=O)OCC(=O)c2ccc[nH]2)cc1[N+](=O)[O-]. The Labute approximate surface area is 118 Å². The van der Waals surface area contributed by atoms with Gasteiger partial charge in [0.2, 0.25) is 5.78 Å². The molecule has 0 spiro atoms. The van der Waals surface area contributed by atoms with Gasteiger partial charge in [0.05, 0.1) is 16.2 Å². The number of benzene rings is 1. The summed E-state index contributed by atoms with van der Waals surface area (Å²) in [4.78, 5) is 36.1. The quantitative estimate of drug-likeness (QED) is 0.282. The van der Waals surface area contributed by atoms with E-state index < -0.39 is 23.3 Å². The van der Waals surface area contributed by atoms with Crippen molar-refractivity contribution < 1.29 is 19.2 Å². The van der Waals surface area contributed by atoms with Gasteiger partial charge in [-0.15, -0.1) is 0 Å². The first-order valence-electron chi connectivity index (χ1n) is 5.86. The van der Waals surface area contributed by atoms with Crippen LogP contribution < -0.4 is 5.73 Å². The van der Waals surface area contributed by atoms with Crippen molar-refractivity contribution >= 4 is 23.1 Å². The first kappa shape index (κ1) is 14.3. The Morgan fingerprint density at radius 1 is 1.33 bits per heavy atom. The Kier molecular flexibility index (Phi) is 3.98. The van der Waals surface area contributed by atoms with Crippen molar-refractivity contribution in [1.82, 2.24) is 4.98 Å². The third-order valence-corrected chi connectivity index (χ3v) is 2.70. The molecule has 0 atom stereocenters. The highest BCUT2D eigenvalue weighted by molar-refractivity contribution is 5.98. The van der Waals surface area contributed by atoms with Crippen LogP contribution in [0.3, 0.4) is 0 Å². The van der Waals surface area contributed by atoms with E-state index in [-0.39, 0.29) is 16.9 Å². The minimum atomic E-state index is -0.835. The Bertz CT molecular complexity index is 694. The molecule has 108 valence electrons. The standard InChI is InChI=1S/C13H11N3O5/c14-9-4-3-8(6-11(9)16(19)20)13(18)21-7-12(17)10-2-1-5-15-10/h1-6,15H,7,14H2. The summed E-state index contributed by atoms with van der Waals surface area (Å²) in [6, 6.07) is 6.73. The number of nitro benzene ring substituents is 1. The lowest BCUT2D eigenvalue weighted by atomic mass is 10.2. The van der Waals surface area contributed by atoms with E-state index in [2.05, 4.69) is 4.98 Å². The van der Waals surface area contributed by atoms with Crippen LogP contribution in [0.1, 0.15) is 20.8 Å². The lowest BCUT2D eigenvalue weighted by Crippen LogP contribution is -2.14. The molecule has 8 nitrogen and oxygen atoms in total. The maximum absolute atomic E-state index is 11.8. The molecule has 0 radical (unpaired) electrons. The van der Waals surface area contributed by atoms with Crippen molar-refractivity contribution in [3.05, 3.63) is 57.9 Å². The van der Waals surface area contributed by atoms with Crippen LogP contribution in [0.4, 0.5) is 11.4 Å². The predicted molar refractivity (Wildman–Crippen MR) is 72.9 cm³/mol.